The molecule has 0 aliphatic heterocycles. The molecule has 0 amide bonds. The Morgan fingerprint density at radius 3 is 2.22 bits per heavy atom. The molecule has 0 atom stereocenters. The van der Waals surface area contributed by atoms with E-state index in [-0.39, 0.29) is 17.8 Å². The molecule has 98 valence electrons. The molecule has 2 nitrogen and oxygen atoms in total. The summed E-state index contributed by atoms with van der Waals surface area (Å²) in [6.45, 7) is 0. The number of benzene rings is 1. The van der Waals surface area contributed by atoms with Crippen LogP contribution in [0.1, 0.15) is 29.9 Å². The fourth-order valence-electron chi connectivity index (χ4n) is 2.19. The molecular formula is C13H13F3O2. The first-order chi connectivity index (χ1) is 8.41. The van der Waals surface area contributed by atoms with Gasteiger partial charge in [0.15, 0.2) is 0 Å². The van der Waals surface area contributed by atoms with Gasteiger partial charge in [0, 0.05) is 0 Å². The summed E-state index contributed by atoms with van der Waals surface area (Å²) in [5.41, 5.74) is 0.207. The summed E-state index contributed by atoms with van der Waals surface area (Å²) < 4.78 is 41.7. The third-order valence-corrected chi connectivity index (χ3v) is 3.38. The smallest absolute Gasteiger partial charge is 0.416 e. The molecule has 0 aromatic heterocycles. The minimum absolute atomic E-state index is 0.109. The quantitative estimate of drug-likeness (QED) is 0.760. The van der Waals surface area contributed by atoms with Gasteiger partial charge in [0.25, 0.3) is 0 Å². The van der Waals surface area contributed by atoms with Gasteiger partial charge in [-0.2, -0.15) is 13.2 Å². The zero-order valence-electron chi connectivity index (χ0n) is 9.83. The third kappa shape index (κ3) is 2.49. The molecule has 1 saturated carbocycles. The third-order valence-electron chi connectivity index (χ3n) is 3.38. The molecule has 1 fully saturated rings. The molecule has 0 spiro atoms. The van der Waals surface area contributed by atoms with Crippen molar-refractivity contribution in [2.45, 2.75) is 24.9 Å². The molecule has 0 bridgehead atoms. The topological polar surface area (TPSA) is 26.3 Å². The lowest BCUT2D eigenvalue weighted by Gasteiger charge is -2.33. The molecule has 2 rings (SSSR count). The molecule has 18 heavy (non-hydrogen) atoms. The van der Waals surface area contributed by atoms with E-state index in [2.05, 4.69) is 4.74 Å². The number of esters is 1. The zero-order chi connectivity index (χ0) is 13.3. The van der Waals surface area contributed by atoms with E-state index in [1.165, 1.54) is 19.2 Å². The number of hydrogen-bond donors (Lipinski definition) is 0. The zero-order valence-corrected chi connectivity index (χ0v) is 9.83. The lowest BCUT2D eigenvalue weighted by Crippen LogP contribution is -2.29. The number of alkyl halides is 3. The molecule has 1 aromatic rings. The van der Waals surface area contributed by atoms with Crippen LogP contribution < -0.4 is 0 Å². The van der Waals surface area contributed by atoms with Gasteiger partial charge in [-0.3, -0.25) is 4.79 Å². The molecule has 1 aliphatic rings. The Morgan fingerprint density at radius 1 is 1.22 bits per heavy atom. The fourth-order valence-corrected chi connectivity index (χ4v) is 2.19. The second kappa shape index (κ2) is 4.63. The van der Waals surface area contributed by atoms with Gasteiger partial charge in [0.1, 0.15) is 0 Å². The van der Waals surface area contributed by atoms with Crippen molar-refractivity contribution in [3.05, 3.63) is 35.4 Å². The second-order valence-electron chi connectivity index (χ2n) is 4.51. The number of ether oxygens (including phenoxy) is 1. The van der Waals surface area contributed by atoms with Gasteiger partial charge in [0.2, 0.25) is 0 Å². The van der Waals surface area contributed by atoms with Gasteiger partial charge in [-0.05, 0) is 36.5 Å². The highest BCUT2D eigenvalue weighted by atomic mass is 19.4. The van der Waals surface area contributed by atoms with Crippen molar-refractivity contribution < 1.29 is 22.7 Å². The first-order valence-corrected chi connectivity index (χ1v) is 5.67. The normalized spacial score (nSPS) is 23.3. The average molecular weight is 258 g/mol. The predicted molar refractivity (Wildman–Crippen MR) is 58.9 cm³/mol. The highest BCUT2D eigenvalue weighted by Crippen LogP contribution is 2.42. The molecule has 0 unspecified atom stereocenters. The van der Waals surface area contributed by atoms with Gasteiger partial charge >= 0.3 is 12.1 Å². The first-order valence-electron chi connectivity index (χ1n) is 5.67. The molecule has 0 heterocycles. The van der Waals surface area contributed by atoms with Crippen LogP contribution in [0.4, 0.5) is 13.2 Å². The lowest BCUT2D eigenvalue weighted by molar-refractivity contribution is -0.148. The van der Waals surface area contributed by atoms with Crippen LogP contribution in [-0.4, -0.2) is 13.1 Å². The Labute approximate surface area is 103 Å². The molecule has 0 N–H and O–H groups in total. The maximum absolute atomic E-state index is 12.4. The molecule has 0 radical (unpaired) electrons. The summed E-state index contributed by atoms with van der Waals surface area (Å²) in [6, 6.07) is 5.14. The van der Waals surface area contributed by atoms with Crippen LogP contribution >= 0.6 is 0 Å². The van der Waals surface area contributed by atoms with Crippen molar-refractivity contribution in [2.24, 2.45) is 5.92 Å². The summed E-state index contributed by atoms with van der Waals surface area (Å²) in [4.78, 5) is 11.2. The van der Waals surface area contributed by atoms with Crippen LogP contribution in [0, 0.1) is 5.92 Å². The Hall–Kier alpha value is -1.52. The summed E-state index contributed by atoms with van der Waals surface area (Å²) in [7, 11) is 1.34. The van der Waals surface area contributed by atoms with Gasteiger partial charge < -0.3 is 4.74 Å². The van der Waals surface area contributed by atoms with Crippen molar-refractivity contribution in [3.8, 4) is 0 Å². The Bertz CT molecular complexity index is 431. The minimum Gasteiger partial charge on any atom is -0.469 e. The van der Waals surface area contributed by atoms with E-state index < -0.39 is 11.7 Å². The summed E-state index contributed by atoms with van der Waals surface area (Å²) >= 11 is 0. The van der Waals surface area contributed by atoms with E-state index >= 15 is 0 Å². The summed E-state index contributed by atoms with van der Waals surface area (Å²) in [5, 5.41) is 0. The maximum atomic E-state index is 12.4. The highest BCUT2D eigenvalue weighted by molar-refractivity contribution is 5.73. The van der Waals surface area contributed by atoms with Crippen LogP contribution in [0.15, 0.2) is 24.3 Å². The summed E-state index contributed by atoms with van der Waals surface area (Å²) in [5.74, 6) is -0.183. The number of halogens is 3. The number of rotatable bonds is 2. The Balaban J connectivity index is 1.99. The van der Waals surface area contributed by atoms with Gasteiger partial charge in [-0.25, -0.2) is 0 Å². The first kappa shape index (κ1) is 12.9. The fraction of sp³-hybridized carbons (Fsp3) is 0.462. The number of carbonyl (C=O) groups is 1. The maximum Gasteiger partial charge on any atom is 0.416 e. The standard InChI is InChI=1S/C13H13F3O2/c1-18-12(17)10-6-9(7-10)8-2-4-11(5-3-8)13(14,15)16/h2-5,9-10H,6-7H2,1H3. The van der Waals surface area contributed by atoms with Crippen molar-refractivity contribution in [2.75, 3.05) is 7.11 Å². The van der Waals surface area contributed by atoms with E-state index in [9.17, 15) is 18.0 Å². The number of hydrogen-bond acceptors (Lipinski definition) is 2. The minimum atomic E-state index is -4.30. The second-order valence-corrected chi connectivity index (χ2v) is 4.51. The molecular weight excluding hydrogens is 245 g/mol. The average Bonchev–Trinajstić information content (AvgIpc) is 2.26. The van der Waals surface area contributed by atoms with Crippen LogP contribution in [0.2, 0.25) is 0 Å². The van der Waals surface area contributed by atoms with E-state index in [0.29, 0.717) is 12.8 Å². The number of methoxy groups -OCH3 is 1. The van der Waals surface area contributed by atoms with Gasteiger partial charge in [-0.1, -0.05) is 12.1 Å². The summed E-state index contributed by atoms with van der Waals surface area (Å²) in [6.07, 6.45) is -3.00. The van der Waals surface area contributed by atoms with Gasteiger partial charge in [0.05, 0.1) is 18.6 Å². The van der Waals surface area contributed by atoms with Crippen LogP contribution in [0.25, 0.3) is 0 Å². The van der Waals surface area contributed by atoms with Crippen molar-refractivity contribution in [1.82, 2.24) is 0 Å². The van der Waals surface area contributed by atoms with E-state index in [0.717, 1.165) is 17.7 Å². The molecule has 1 aromatic carbocycles. The Morgan fingerprint density at radius 2 is 1.78 bits per heavy atom. The molecule has 1 aliphatic carbocycles. The van der Waals surface area contributed by atoms with Gasteiger partial charge in [-0.15, -0.1) is 0 Å². The molecule has 5 heteroatoms. The number of carbonyl (C=O) groups excluding carboxylic acids is 1. The van der Waals surface area contributed by atoms with Crippen LogP contribution in [-0.2, 0) is 15.7 Å². The van der Waals surface area contributed by atoms with Crippen molar-refractivity contribution in [3.63, 3.8) is 0 Å². The highest BCUT2D eigenvalue weighted by Gasteiger charge is 2.36. The van der Waals surface area contributed by atoms with E-state index in [1.54, 1.807) is 0 Å². The van der Waals surface area contributed by atoms with Crippen LogP contribution in [0.5, 0.6) is 0 Å². The van der Waals surface area contributed by atoms with E-state index in [4.69, 9.17) is 0 Å². The predicted octanol–water partition coefficient (Wildman–Crippen LogP) is 3.37. The largest absolute Gasteiger partial charge is 0.469 e. The monoisotopic (exact) mass is 258 g/mol. The van der Waals surface area contributed by atoms with E-state index in [1.807, 2.05) is 0 Å². The molecule has 0 saturated heterocycles. The van der Waals surface area contributed by atoms with Crippen molar-refractivity contribution in [1.29, 1.82) is 0 Å². The SMILES string of the molecule is COC(=O)C1CC(c2ccc(C(F)(F)F)cc2)C1. The van der Waals surface area contributed by atoms with Crippen molar-refractivity contribution >= 4 is 5.97 Å². The van der Waals surface area contributed by atoms with Crippen LogP contribution in [0.3, 0.4) is 0 Å². The lowest BCUT2D eigenvalue weighted by atomic mass is 9.71. The Kier molecular flexibility index (Phi) is 3.32.